The Balaban J connectivity index is 1.82. The van der Waals surface area contributed by atoms with Crippen LogP contribution in [0.1, 0.15) is 50.4 Å². The number of hydrogen-bond acceptors (Lipinski definition) is 5. The first-order valence-electron chi connectivity index (χ1n) is 7.66. The minimum atomic E-state index is -0.440. The lowest BCUT2D eigenvalue weighted by Gasteiger charge is -2.34. The summed E-state index contributed by atoms with van der Waals surface area (Å²) in [5.74, 6) is 1.92. The summed E-state index contributed by atoms with van der Waals surface area (Å²) < 4.78 is 5.40. The molecule has 5 nitrogen and oxygen atoms in total. The fourth-order valence-corrected chi connectivity index (χ4v) is 3.04. The van der Waals surface area contributed by atoms with E-state index in [0.717, 1.165) is 42.7 Å². The van der Waals surface area contributed by atoms with E-state index in [2.05, 4.69) is 22.0 Å². The van der Waals surface area contributed by atoms with Crippen LogP contribution in [-0.2, 0) is 5.54 Å². The smallest absolute Gasteiger partial charge is 0.259 e. The lowest BCUT2D eigenvalue weighted by molar-refractivity contribution is 0.216. The number of nitrogens with two attached hydrogens (primary N) is 1. The van der Waals surface area contributed by atoms with Crippen LogP contribution in [0.15, 0.2) is 23.0 Å². The van der Waals surface area contributed by atoms with Gasteiger partial charge in [0.2, 0.25) is 0 Å². The van der Waals surface area contributed by atoms with Gasteiger partial charge in [-0.05, 0) is 50.2 Å². The summed E-state index contributed by atoms with van der Waals surface area (Å²) in [4.78, 5) is 8.69. The van der Waals surface area contributed by atoms with Gasteiger partial charge in [-0.25, -0.2) is 0 Å². The topological polar surface area (TPSA) is 77.8 Å². The number of pyridine rings is 1. The number of aryl methyl sites for hydroxylation is 1. The Morgan fingerprint density at radius 3 is 2.76 bits per heavy atom. The van der Waals surface area contributed by atoms with Gasteiger partial charge in [0.1, 0.15) is 0 Å². The van der Waals surface area contributed by atoms with Crippen molar-refractivity contribution in [1.29, 1.82) is 0 Å². The zero-order valence-electron chi connectivity index (χ0n) is 12.7. The van der Waals surface area contributed by atoms with Gasteiger partial charge >= 0.3 is 0 Å². The summed E-state index contributed by atoms with van der Waals surface area (Å²) in [6.07, 6.45) is 8.90. The molecule has 21 heavy (non-hydrogen) atoms. The van der Waals surface area contributed by atoms with Crippen LogP contribution >= 0.6 is 0 Å². The van der Waals surface area contributed by atoms with Gasteiger partial charge in [-0.3, -0.25) is 4.98 Å². The molecule has 0 unspecified atom stereocenters. The average molecular weight is 286 g/mol. The fourth-order valence-electron chi connectivity index (χ4n) is 3.04. The molecule has 2 heterocycles. The molecule has 0 amide bonds. The number of nitrogens with zero attached hydrogens (tertiary/aromatic N) is 3. The molecular weight excluding hydrogens is 264 g/mol. The molecule has 2 aromatic heterocycles. The molecule has 0 atom stereocenters. The molecule has 2 aromatic rings. The Bertz CT molecular complexity index is 614. The summed E-state index contributed by atoms with van der Waals surface area (Å²) in [5, 5.41) is 4.13. The minimum absolute atomic E-state index is 0.440. The summed E-state index contributed by atoms with van der Waals surface area (Å²) >= 11 is 0. The summed E-state index contributed by atoms with van der Waals surface area (Å²) in [5.41, 5.74) is 7.99. The van der Waals surface area contributed by atoms with Crippen LogP contribution in [0.5, 0.6) is 0 Å². The van der Waals surface area contributed by atoms with Crippen molar-refractivity contribution in [2.45, 2.75) is 51.5 Å². The number of hydrogen-bond donors (Lipinski definition) is 1. The van der Waals surface area contributed by atoms with Crippen molar-refractivity contribution in [3.63, 3.8) is 0 Å². The molecule has 1 fully saturated rings. The maximum Gasteiger partial charge on any atom is 0.259 e. The van der Waals surface area contributed by atoms with E-state index in [1.54, 1.807) is 12.4 Å². The second kappa shape index (κ2) is 5.56. The number of aromatic nitrogens is 3. The zero-order valence-corrected chi connectivity index (χ0v) is 12.7. The Hall–Kier alpha value is -1.75. The quantitative estimate of drug-likeness (QED) is 0.937. The van der Waals surface area contributed by atoms with Crippen molar-refractivity contribution in [1.82, 2.24) is 15.1 Å². The molecule has 0 aliphatic heterocycles. The molecule has 5 heteroatoms. The van der Waals surface area contributed by atoms with E-state index in [1.165, 1.54) is 6.42 Å². The van der Waals surface area contributed by atoms with E-state index < -0.39 is 5.54 Å². The Morgan fingerprint density at radius 1 is 1.33 bits per heavy atom. The summed E-state index contributed by atoms with van der Waals surface area (Å²) in [6.45, 7) is 4.23. The normalized spacial score (nSPS) is 26.0. The average Bonchev–Trinajstić information content (AvgIpc) is 2.99. The molecule has 0 saturated heterocycles. The third-order valence-corrected chi connectivity index (χ3v) is 4.57. The predicted molar refractivity (Wildman–Crippen MR) is 80.4 cm³/mol. The molecular formula is C16H22N4O. The highest BCUT2D eigenvalue weighted by Gasteiger charge is 2.36. The van der Waals surface area contributed by atoms with Crippen molar-refractivity contribution in [3.8, 4) is 11.5 Å². The predicted octanol–water partition coefficient (Wildman–Crippen LogP) is 3.19. The SMILES string of the molecule is CCC1CCC(N)(c2noc(-c3cncc(C)c3)n2)CC1. The molecule has 0 bridgehead atoms. The van der Waals surface area contributed by atoms with Crippen molar-refractivity contribution >= 4 is 0 Å². The molecule has 0 spiro atoms. The van der Waals surface area contributed by atoms with Gasteiger partial charge in [-0.2, -0.15) is 4.98 Å². The second-order valence-corrected chi connectivity index (χ2v) is 6.18. The summed E-state index contributed by atoms with van der Waals surface area (Å²) in [7, 11) is 0. The molecule has 0 aromatic carbocycles. The molecule has 2 N–H and O–H groups in total. The molecule has 1 aliphatic rings. The highest BCUT2D eigenvalue weighted by atomic mass is 16.5. The van der Waals surface area contributed by atoms with E-state index in [4.69, 9.17) is 10.3 Å². The van der Waals surface area contributed by atoms with Gasteiger partial charge in [-0.1, -0.05) is 18.5 Å². The van der Waals surface area contributed by atoms with Crippen molar-refractivity contribution in [2.75, 3.05) is 0 Å². The highest BCUT2D eigenvalue weighted by Crippen LogP contribution is 2.37. The monoisotopic (exact) mass is 286 g/mol. The third-order valence-electron chi connectivity index (χ3n) is 4.57. The number of rotatable bonds is 3. The highest BCUT2D eigenvalue weighted by molar-refractivity contribution is 5.52. The van der Waals surface area contributed by atoms with Gasteiger partial charge in [-0.15, -0.1) is 0 Å². The van der Waals surface area contributed by atoms with Crippen LogP contribution in [0.25, 0.3) is 11.5 Å². The molecule has 1 aliphatic carbocycles. The van der Waals surface area contributed by atoms with Crippen LogP contribution in [0, 0.1) is 12.8 Å². The summed E-state index contributed by atoms with van der Waals surface area (Å²) in [6, 6.07) is 1.99. The maximum absolute atomic E-state index is 6.52. The van der Waals surface area contributed by atoms with Gasteiger partial charge in [0, 0.05) is 12.4 Å². The van der Waals surface area contributed by atoms with Gasteiger partial charge < -0.3 is 10.3 Å². The first-order valence-corrected chi connectivity index (χ1v) is 7.66. The van der Waals surface area contributed by atoms with Gasteiger partial charge in [0.05, 0.1) is 11.1 Å². The van der Waals surface area contributed by atoms with Gasteiger partial charge in [0.25, 0.3) is 5.89 Å². The van der Waals surface area contributed by atoms with Crippen LogP contribution < -0.4 is 5.73 Å². The Kier molecular flexibility index (Phi) is 3.76. The minimum Gasteiger partial charge on any atom is -0.334 e. The fraction of sp³-hybridized carbons (Fsp3) is 0.562. The molecule has 1 saturated carbocycles. The third kappa shape index (κ3) is 2.83. The Labute approximate surface area is 125 Å². The van der Waals surface area contributed by atoms with Crippen LogP contribution in [0.3, 0.4) is 0 Å². The van der Waals surface area contributed by atoms with Crippen molar-refractivity contribution in [2.24, 2.45) is 11.7 Å². The zero-order chi connectivity index (χ0) is 14.9. The maximum atomic E-state index is 6.52. The molecule has 112 valence electrons. The molecule has 3 rings (SSSR count). The standard InChI is InChI=1S/C16H22N4O/c1-3-12-4-6-16(17,7-5-12)15-19-14(21-20-15)13-8-11(2)9-18-10-13/h8-10,12H,3-7,17H2,1-2H3. The van der Waals surface area contributed by atoms with Crippen LogP contribution in [0.2, 0.25) is 0 Å². The van der Waals surface area contributed by atoms with E-state index in [9.17, 15) is 0 Å². The van der Waals surface area contributed by atoms with Crippen LogP contribution in [0.4, 0.5) is 0 Å². The van der Waals surface area contributed by atoms with E-state index in [0.29, 0.717) is 11.7 Å². The lowest BCUT2D eigenvalue weighted by atomic mass is 9.76. The van der Waals surface area contributed by atoms with Crippen LogP contribution in [-0.4, -0.2) is 15.1 Å². The van der Waals surface area contributed by atoms with Gasteiger partial charge in [0.15, 0.2) is 5.82 Å². The van der Waals surface area contributed by atoms with E-state index >= 15 is 0 Å². The Morgan fingerprint density at radius 2 is 2.10 bits per heavy atom. The van der Waals surface area contributed by atoms with E-state index in [1.807, 2.05) is 13.0 Å². The lowest BCUT2D eigenvalue weighted by Crippen LogP contribution is -2.41. The van der Waals surface area contributed by atoms with Crippen molar-refractivity contribution in [3.05, 3.63) is 29.8 Å². The largest absolute Gasteiger partial charge is 0.334 e. The first kappa shape index (κ1) is 14.2. The molecule has 0 radical (unpaired) electrons. The van der Waals surface area contributed by atoms with Crippen molar-refractivity contribution < 1.29 is 4.52 Å². The van der Waals surface area contributed by atoms with E-state index in [-0.39, 0.29) is 0 Å². The first-order chi connectivity index (χ1) is 10.1. The second-order valence-electron chi connectivity index (χ2n) is 6.18.